The van der Waals surface area contributed by atoms with Crippen LogP contribution in [0.15, 0.2) is 35.6 Å². The van der Waals surface area contributed by atoms with Gasteiger partial charge in [-0.2, -0.15) is 0 Å². The highest BCUT2D eigenvalue weighted by Crippen LogP contribution is 2.34. The number of methoxy groups -OCH3 is 1. The molecule has 6 nitrogen and oxygen atoms in total. The van der Waals surface area contributed by atoms with Crippen molar-refractivity contribution in [3.8, 4) is 0 Å². The van der Waals surface area contributed by atoms with Crippen LogP contribution in [0, 0.1) is 0 Å². The first kappa shape index (κ1) is 20.0. The van der Waals surface area contributed by atoms with E-state index in [0.29, 0.717) is 25.7 Å². The summed E-state index contributed by atoms with van der Waals surface area (Å²) in [6.07, 6.45) is 7.09. The van der Waals surface area contributed by atoms with E-state index in [1.165, 1.54) is 23.8 Å². The maximum Gasteiger partial charge on any atom is 0.227 e. The minimum Gasteiger partial charge on any atom is -0.385 e. The van der Waals surface area contributed by atoms with E-state index in [1.807, 2.05) is 4.57 Å². The van der Waals surface area contributed by atoms with E-state index in [1.54, 1.807) is 13.3 Å². The summed E-state index contributed by atoms with van der Waals surface area (Å²) in [5.74, 6) is 0. The number of ether oxygens (including phenoxy) is 1. The largest absolute Gasteiger partial charge is 0.385 e. The second-order valence-corrected chi connectivity index (χ2v) is 9.23. The third-order valence-electron chi connectivity index (χ3n) is 5.24. The Kier molecular flexibility index (Phi) is 6.34. The minimum atomic E-state index is -3.37. The fourth-order valence-corrected chi connectivity index (χ4v) is 4.83. The maximum absolute atomic E-state index is 12.1. The summed E-state index contributed by atoms with van der Waals surface area (Å²) in [5.41, 5.74) is 3.74. The highest BCUT2D eigenvalue weighted by molar-refractivity contribution is 7.90. The zero-order chi connectivity index (χ0) is 19.4. The Bertz CT molecular complexity index is 876. The molecule has 0 bridgehead atoms. The normalized spacial score (nSPS) is 17.3. The van der Waals surface area contributed by atoms with Crippen LogP contribution in [0.1, 0.15) is 42.1 Å². The van der Waals surface area contributed by atoms with Crippen molar-refractivity contribution in [3.05, 3.63) is 47.3 Å². The fourth-order valence-electron chi connectivity index (χ4n) is 3.97. The molecule has 1 unspecified atom stereocenters. The van der Waals surface area contributed by atoms with Gasteiger partial charge in [0.25, 0.3) is 0 Å². The summed E-state index contributed by atoms with van der Waals surface area (Å²) in [6, 6.07) is 8.98. The molecule has 3 rings (SSSR count). The molecule has 0 amide bonds. The van der Waals surface area contributed by atoms with E-state index in [9.17, 15) is 8.42 Å². The lowest BCUT2D eigenvalue weighted by Gasteiger charge is -2.33. The van der Waals surface area contributed by atoms with Crippen LogP contribution in [0.25, 0.3) is 0 Å². The van der Waals surface area contributed by atoms with Gasteiger partial charge in [0.15, 0.2) is 0 Å². The monoisotopic (exact) mass is 391 g/mol. The van der Waals surface area contributed by atoms with E-state index < -0.39 is 9.84 Å². The Morgan fingerprint density at radius 2 is 2.11 bits per heavy atom. The van der Waals surface area contributed by atoms with Crippen molar-refractivity contribution >= 4 is 9.84 Å². The van der Waals surface area contributed by atoms with Crippen LogP contribution in [-0.4, -0.2) is 49.9 Å². The lowest BCUT2D eigenvalue weighted by molar-refractivity contribution is 0.186. The molecule has 1 aliphatic rings. The number of hydrogen-bond donors (Lipinski definition) is 0. The van der Waals surface area contributed by atoms with E-state index in [-0.39, 0.29) is 5.16 Å². The van der Waals surface area contributed by atoms with Crippen LogP contribution in [0.3, 0.4) is 0 Å². The Morgan fingerprint density at radius 1 is 1.33 bits per heavy atom. The molecule has 1 aliphatic carbocycles. The molecule has 0 N–H and O–H groups in total. The number of nitrogens with zero attached hydrogens (tertiary/aromatic N) is 3. The first-order valence-corrected chi connectivity index (χ1v) is 11.3. The molecule has 0 saturated carbocycles. The number of sulfone groups is 1. The highest BCUT2D eigenvalue weighted by Gasteiger charge is 2.25. The van der Waals surface area contributed by atoms with Crippen molar-refractivity contribution in [1.29, 1.82) is 0 Å². The topological polar surface area (TPSA) is 64.4 Å². The van der Waals surface area contributed by atoms with Gasteiger partial charge >= 0.3 is 0 Å². The van der Waals surface area contributed by atoms with E-state index in [0.717, 1.165) is 25.0 Å². The zero-order valence-corrected chi connectivity index (χ0v) is 17.2. The molecular weight excluding hydrogens is 362 g/mol. The quantitative estimate of drug-likeness (QED) is 0.648. The predicted octanol–water partition coefficient (Wildman–Crippen LogP) is 2.83. The van der Waals surface area contributed by atoms with Crippen LogP contribution in [-0.2, 0) is 34.1 Å². The number of benzene rings is 1. The van der Waals surface area contributed by atoms with Gasteiger partial charge in [0.05, 0.1) is 11.9 Å². The lowest BCUT2D eigenvalue weighted by Crippen LogP contribution is -2.28. The van der Waals surface area contributed by atoms with Crippen LogP contribution < -0.4 is 0 Å². The van der Waals surface area contributed by atoms with Gasteiger partial charge in [-0.3, -0.25) is 4.90 Å². The van der Waals surface area contributed by atoms with Gasteiger partial charge in [0.1, 0.15) is 0 Å². The average Bonchev–Trinajstić information content (AvgIpc) is 3.04. The SMILES string of the molecule is COCCCn1c(CN(C)C2CCCc3ccccc32)cnc1S(C)(=O)=O. The molecule has 7 heteroatoms. The summed E-state index contributed by atoms with van der Waals surface area (Å²) < 4.78 is 31.2. The molecule has 0 aliphatic heterocycles. The van der Waals surface area contributed by atoms with Crippen LogP contribution in [0.2, 0.25) is 0 Å². The van der Waals surface area contributed by atoms with Crippen LogP contribution >= 0.6 is 0 Å². The van der Waals surface area contributed by atoms with Crippen molar-refractivity contribution in [2.24, 2.45) is 0 Å². The molecule has 0 spiro atoms. The molecule has 148 valence electrons. The van der Waals surface area contributed by atoms with Gasteiger partial charge in [0, 0.05) is 39.1 Å². The third kappa shape index (κ3) is 4.59. The highest BCUT2D eigenvalue weighted by atomic mass is 32.2. The molecule has 1 aromatic carbocycles. The van der Waals surface area contributed by atoms with Gasteiger partial charge in [-0.05, 0) is 43.9 Å². The lowest BCUT2D eigenvalue weighted by atomic mass is 9.87. The van der Waals surface area contributed by atoms with E-state index >= 15 is 0 Å². The van der Waals surface area contributed by atoms with Gasteiger partial charge in [-0.1, -0.05) is 24.3 Å². The molecule has 27 heavy (non-hydrogen) atoms. The molecule has 1 heterocycles. The molecule has 2 aromatic rings. The number of aromatic nitrogens is 2. The Balaban J connectivity index is 1.84. The molecule has 0 radical (unpaired) electrons. The first-order chi connectivity index (χ1) is 12.9. The number of aryl methyl sites for hydroxylation is 1. The van der Waals surface area contributed by atoms with E-state index in [2.05, 4.69) is 41.2 Å². The Morgan fingerprint density at radius 3 is 2.85 bits per heavy atom. The molecule has 0 fully saturated rings. The maximum atomic E-state index is 12.1. The molecule has 0 saturated heterocycles. The predicted molar refractivity (Wildman–Crippen MR) is 105 cm³/mol. The fraction of sp³-hybridized carbons (Fsp3) is 0.550. The number of imidazole rings is 1. The third-order valence-corrected chi connectivity index (χ3v) is 6.23. The van der Waals surface area contributed by atoms with Crippen molar-refractivity contribution in [2.45, 2.75) is 50.0 Å². The summed E-state index contributed by atoms with van der Waals surface area (Å²) in [4.78, 5) is 6.53. The first-order valence-electron chi connectivity index (χ1n) is 9.43. The Hall–Kier alpha value is -1.70. The molecule has 1 atom stereocenters. The Labute approximate surface area is 162 Å². The minimum absolute atomic E-state index is 0.144. The van der Waals surface area contributed by atoms with Gasteiger partial charge in [-0.15, -0.1) is 0 Å². The summed E-state index contributed by atoms with van der Waals surface area (Å²) in [7, 11) is 0.397. The average molecular weight is 392 g/mol. The van der Waals surface area contributed by atoms with Crippen LogP contribution in [0.4, 0.5) is 0 Å². The number of rotatable bonds is 8. The van der Waals surface area contributed by atoms with Crippen molar-refractivity contribution in [1.82, 2.24) is 14.5 Å². The van der Waals surface area contributed by atoms with Crippen molar-refractivity contribution in [3.63, 3.8) is 0 Å². The molecule has 1 aromatic heterocycles. The number of hydrogen-bond acceptors (Lipinski definition) is 5. The second-order valence-electron chi connectivity index (χ2n) is 7.32. The molecular formula is C20H29N3O3S. The van der Waals surface area contributed by atoms with Gasteiger partial charge in [0.2, 0.25) is 15.0 Å². The smallest absolute Gasteiger partial charge is 0.227 e. The summed E-state index contributed by atoms with van der Waals surface area (Å²) in [5, 5.41) is 0.144. The van der Waals surface area contributed by atoms with Gasteiger partial charge in [-0.25, -0.2) is 13.4 Å². The number of fused-ring (bicyclic) bond motifs is 1. The standard InChI is InChI=1S/C20H29N3O3S/c1-22(19-11-6-9-16-8-4-5-10-18(16)19)15-17-14-21-20(27(3,24)25)23(17)12-7-13-26-2/h4-5,8,10,14,19H,6-7,9,11-13,15H2,1-3H3. The van der Waals surface area contributed by atoms with Crippen LogP contribution in [0.5, 0.6) is 0 Å². The second kappa shape index (κ2) is 8.54. The van der Waals surface area contributed by atoms with Crippen molar-refractivity contribution < 1.29 is 13.2 Å². The van der Waals surface area contributed by atoms with Crippen molar-refractivity contribution in [2.75, 3.05) is 27.0 Å². The summed E-state index contributed by atoms with van der Waals surface area (Å²) >= 11 is 0. The van der Waals surface area contributed by atoms with Gasteiger partial charge < -0.3 is 9.30 Å². The zero-order valence-electron chi connectivity index (χ0n) is 16.4. The van der Waals surface area contributed by atoms with E-state index in [4.69, 9.17) is 4.74 Å². The summed E-state index contributed by atoms with van der Waals surface area (Å²) in [6.45, 7) is 1.84.